The van der Waals surface area contributed by atoms with E-state index in [1.54, 1.807) is 30.0 Å². The smallest absolute Gasteiger partial charge is 0.257 e. The number of fused-ring (bicyclic) bond motifs is 1. The van der Waals surface area contributed by atoms with E-state index in [2.05, 4.69) is 35.6 Å². The number of amides is 1. The fourth-order valence-electron chi connectivity index (χ4n) is 2.95. The Hall–Kier alpha value is -3.14. The Kier molecular flexibility index (Phi) is 5.64. The fraction of sp³-hybridized carbons (Fsp3) is 0.182. The van der Waals surface area contributed by atoms with Crippen molar-refractivity contribution in [2.75, 3.05) is 7.05 Å². The first-order valence-corrected chi connectivity index (χ1v) is 8.74. The number of hydrogen-bond donors (Lipinski definition) is 1. The number of pyridine rings is 1. The second-order valence-electron chi connectivity index (χ2n) is 6.19. The number of nitrogens with zero attached hydrogens (tertiary/aromatic N) is 1. The van der Waals surface area contributed by atoms with Gasteiger partial charge in [0.05, 0.1) is 0 Å². The standard InChI is InChI=1S/C22H22N2O2/c1-23-21(25)13-12-19-9-5-15-24(22(19)26)14-4-6-17-10-11-18-7-2-3-8-20(18)16-17/h2-3,5,7-13,15-16H,4,6,14H2,1H3,(H,23,25)/b13-12+. The maximum Gasteiger partial charge on any atom is 0.257 e. The number of aromatic nitrogens is 1. The van der Waals surface area contributed by atoms with Gasteiger partial charge in [0.2, 0.25) is 5.91 Å². The predicted molar refractivity (Wildman–Crippen MR) is 106 cm³/mol. The lowest BCUT2D eigenvalue weighted by molar-refractivity contribution is -0.115. The summed E-state index contributed by atoms with van der Waals surface area (Å²) in [7, 11) is 1.56. The van der Waals surface area contributed by atoms with Crippen molar-refractivity contribution in [2.45, 2.75) is 19.4 Å². The third-order valence-corrected chi connectivity index (χ3v) is 4.39. The summed E-state index contributed by atoms with van der Waals surface area (Å²) in [6.07, 6.45) is 6.51. The second kappa shape index (κ2) is 8.30. The molecule has 0 saturated heterocycles. The van der Waals surface area contributed by atoms with Gasteiger partial charge in [0.1, 0.15) is 0 Å². The van der Waals surface area contributed by atoms with Gasteiger partial charge >= 0.3 is 0 Å². The second-order valence-corrected chi connectivity index (χ2v) is 6.19. The zero-order valence-corrected chi connectivity index (χ0v) is 14.8. The van der Waals surface area contributed by atoms with E-state index in [0.717, 1.165) is 12.8 Å². The van der Waals surface area contributed by atoms with Crippen LogP contribution in [-0.4, -0.2) is 17.5 Å². The first-order valence-electron chi connectivity index (χ1n) is 8.74. The van der Waals surface area contributed by atoms with E-state index in [1.165, 1.54) is 22.4 Å². The molecule has 1 aromatic heterocycles. The zero-order chi connectivity index (χ0) is 18.4. The van der Waals surface area contributed by atoms with Crippen LogP contribution in [-0.2, 0) is 17.8 Å². The number of carbonyl (C=O) groups is 1. The highest BCUT2D eigenvalue weighted by Gasteiger charge is 2.02. The maximum atomic E-state index is 12.5. The Morgan fingerprint density at radius 3 is 2.69 bits per heavy atom. The van der Waals surface area contributed by atoms with Crippen LogP contribution in [0.4, 0.5) is 0 Å². The molecule has 0 unspecified atom stereocenters. The van der Waals surface area contributed by atoms with E-state index in [0.29, 0.717) is 12.1 Å². The number of rotatable bonds is 6. The van der Waals surface area contributed by atoms with Crippen LogP contribution in [0.3, 0.4) is 0 Å². The summed E-state index contributed by atoms with van der Waals surface area (Å²) in [5, 5.41) is 4.98. The number of benzene rings is 2. The molecule has 2 aromatic carbocycles. The number of hydrogen-bond acceptors (Lipinski definition) is 2. The van der Waals surface area contributed by atoms with Gasteiger partial charge in [-0.15, -0.1) is 0 Å². The van der Waals surface area contributed by atoms with E-state index in [9.17, 15) is 9.59 Å². The summed E-state index contributed by atoms with van der Waals surface area (Å²) in [6.45, 7) is 0.646. The summed E-state index contributed by atoms with van der Waals surface area (Å²) >= 11 is 0. The molecule has 0 fully saturated rings. The molecular weight excluding hydrogens is 324 g/mol. The van der Waals surface area contributed by atoms with Gasteiger partial charge in [-0.3, -0.25) is 9.59 Å². The summed E-state index contributed by atoms with van der Waals surface area (Å²) in [4.78, 5) is 23.8. The highest BCUT2D eigenvalue weighted by Crippen LogP contribution is 2.16. The Balaban J connectivity index is 1.66. The zero-order valence-electron chi connectivity index (χ0n) is 14.8. The van der Waals surface area contributed by atoms with E-state index < -0.39 is 0 Å². The molecule has 26 heavy (non-hydrogen) atoms. The van der Waals surface area contributed by atoms with Gasteiger partial charge in [-0.1, -0.05) is 42.5 Å². The molecule has 0 aliphatic rings. The highest BCUT2D eigenvalue weighted by atomic mass is 16.1. The Labute approximate surface area is 152 Å². The van der Waals surface area contributed by atoms with Crippen LogP contribution >= 0.6 is 0 Å². The first kappa shape index (κ1) is 17.7. The molecule has 3 aromatic rings. The van der Waals surface area contributed by atoms with Crippen molar-refractivity contribution in [1.82, 2.24) is 9.88 Å². The minimum absolute atomic E-state index is 0.0776. The van der Waals surface area contributed by atoms with Gasteiger partial charge in [-0.2, -0.15) is 0 Å². The van der Waals surface area contributed by atoms with Crippen LogP contribution in [0.2, 0.25) is 0 Å². The summed E-state index contributed by atoms with van der Waals surface area (Å²) in [5.41, 5.74) is 1.71. The third-order valence-electron chi connectivity index (χ3n) is 4.39. The molecule has 0 aliphatic heterocycles. The lowest BCUT2D eigenvalue weighted by Gasteiger charge is -2.07. The molecule has 132 valence electrons. The lowest BCUT2D eigenvalue weighted by Crippen LogP contribution is -2.22. The normalized spacial score (nSPS) is 11.1. The number of nitrogens with one attached hydrogen (secondary N) is 1. The molecule has 0 aliphatic carbocycles. The molecular formula is C22H22N2O2. The van der Waals surface area contributed by atoms with Crippen LogP contribution in [0.25, 0.3) is 16.8 Å². The molecule has 1 amide bonds. The van der Waals surface area contributed by atoms with E-state index in [-0.39, 0.29) is 11.5 Å². The Morgan fingerprint density at radius 2 is 1.88 bits per heavy atom. The number of likely N-dealkylation sites (N-methyl/N-ethyl adjacent to an activating group) is 1. The van der Waals surface area contributed by atoms with Gasteiger partial charge in [0, 0.05) is 31.4 Å². The molecule has 0 atom stereocenters. The van der Waals surface area contributed by atoms with Crippen molar-refractivity contribution in [1.29, 1.82) is 0 Å². The first-order chi connectivity index (χ1) is 12.7. The van der Waals surface area contributed by atoms with Crippen LogP contribution < -0.4 is 10.9 Å². The van der Waals surface area contributed by atoms with E-state index in [4.69, 9.17) is 0 Å². The molecule has 1 N–H and O–H groups in total. The molecule has 1 heterocycles. The van der Waals surface area contributed by atoms with Crippen LogP contribution in [0.5, 0.6) is 0 Å². The maximum absolute atomic E-state index is 12.5. The quantitative estimate of drug-likeness (QED) is 0.696. The molecule has 0 saturated carbocycles. The number of aryl methyl sites for hydroxylation is 2. The molecule has 3 rings (SSSR count). The van der Waals surface area contributed by atoms with Crippen molar-refractivity contribution in [3.8, 4) is 0 Å². The number of carbonyl (C=O) groups excluding carboxylic acids is 1. The van der Waals surface area contributed by atoms with Gasteiger partial charge in [0.25, 0.3) is 5.56 Å². The van der Waals surface area contributed by atoms with Crippen LogP contribution in [0.15, 0.2) is 71.7 Å². The predicted octanol–water partition coefficient (Wildman–Crippen LogP) is 3.39. The van der Waals surface area contributed by atoms with Crippen molar-refractivity contribution >= 4 is 22.8 Å². The average molecular weight is 346 g/mol. The van der Waals surface area contributed by atoms with Gasteiger partial charge in [-0.05, 0) is 47.4 Å². The molecule has 0 radical (unpaired) electrons. The van der Waals surface area contributed by atoms with Crippen molar-refractivity contribution in [2.24, 2.45) is 0 Å². The summed E-state index contributed by atoms with van der Waals surface area (Å²) in [6, 6.07) is 18.4. The van der Waals surface area contributed by atoms with Gasteiger partial charge < -0.3 is 9.88 Å². The summed E-state index contributed by atoms with van der Waals surface area (Å²) < 4.78 is 1.70. The van der Waals surface area contributed by atoms with Crippen LogP contribution in [0.1, 0.15) is 17.5 Å². The Bertz CT molecular complexity index is 1000. The Morgan fingerprint density at radius 1 is 1.08 bits per heavy atom. The highest BCUT2D eigenvalue weighted by molar-refractivity contribution is 5.91. The minimum Gasteiger partial charge on any atom is -0.356 e. The van der Waals surface area contributed by atoms with Crippen molar-refractivity contribution < 1.29 is 4.79 Å². The lowest BCUT2D eigenvalue weighted by atomic mass is 10.0. The van der Waals surface area contributed by atoms with Crippen molar-refractivity contribution in [3.63, 3.8) is 0 Å². The molecule has 0 spiro atoms. The molecule has 0 bridgehead atoms. The fourth-order valence-corrected chi connectivity index (χ4v) is 2.95. The SMILES string of the molecule is CNC(=O)/C=C/c1cccn(CCCc2ccc3ccccc3c2)c1=O. The average Bonchev–Trinajstić information content (AvgIpc) is 2.68. The van der Waals surface area contributed by atoms with E-state index in [1.807, 2.05) is 18.2 Å². The molecule has 4 heteroatoms. The van der Waals surface area contributed by atoms with Gasteiger partial charge in [-0.25, -0.2) is 0 Å². The third kappa shape index (κ3) is 4.28. The monoisotopic (exact) mass is 346 g/mol. The van der Waals surface area contributed by atoms with Crippen LogP contribution in [0, 0.1) is 0 Å². The van der Waals surface area contributed by atoms with Crippen molar-refractivity contribution in [3.05, 3.63) is 88.4 Å². The molecule has 4 nitrogen and oxygen atoms in total. The topological polar surface area (TPSA) is 51.1 Å². The van der Waals surface area contributed by atoms with E-state index >= 15 is 0 Å². The van der Waals surface area contributed by atoms with Gasteiger partial charge in [0.15, 0.2) is 0 Å². The summed E-state index contributed by atoms with van der Waals surface area (Å²) in [5.74, 6) is -0.226. The minimum atomic E-state index is -0.226. The largest absolute Gasteiger partial charge is 0.356 e.